The molecule has 3 nitrogen and oxygen atoms in total. The molecule has 2 atom stereocenters. The lowest BCUT2D eigenvalue weighted by molar-refractivity contribution is -0.183. The number of esters is 1. The van der Waals surface area contributed by atoms with Crippen molar-refractivity contribution in [2.75, 3.05) is 11.9 Å². The molecule has 0 radical (unpaired) electrons. The molecule has 4 heteroatoms. The van der Waals surface area contributed by atoms with E-state index in [1.54, 1.807) is 6.26 Å². The monoisotopic (exact) mass is 346 g/mol. The molecule has 0 bridgehead atoms. The third-order valence-corrected chi connectivity index (χ3v) is 4.95. The topological polar surface area (TPSA) is 35.5 Å². The molecule has 0 N–H and O–H groups in total. The van der Waals surface area contributed by atoms with Gasteiger partial charge in [0.15, 0.2) is 0 Å². The highest BCUT2D eigenvalue weighted by Gasteiger charge is 2.56. The highest BCUT2D eigenvalue weighted by atomic mass is 79.9. The number of rotatable bonds is 7. The van der Waals surface area contributed by atoms with Gasteiger partial charge in [-0.05, 0) is 52.9 Å². The van der Waals surface area contributed by atoms with Crippen LogP contribution in [0.5, 0.6) is 0 Å². The number of halogens is 1. The van der Waals surface area contributed by atoms with Crippen LogP contribution in [0.15, 0.2) is 12.3 Å². The predicted molar refractivity (Wildman–Crippen MR) is 84.9 cm³/mol. The number of hydrogen-bond acceptors (Lipinski definition) is 3. The smallest absolute Gasteiger partial charge is 0.316 e. The zero-order chi connectivity index (χ0) is 15.1. The van der Waals surface area contributed by atoms with Gasteiger partial charge in [0.05, 0.1) is 12.9 Å². The van der Waals surface area contributed by atoms with E-state index in [-0.39, 0.29) is 5.97 Å². The van der Waals surface area contributed by atoms with E-state index in [0.717, 1.165) is 43.9 Å². The van der Waals surface area contributed by atoms with Crippen molar-refractivity contribution in [1.82, 2.24) is 0 Å². The number of alkyl halides is 1. The Morgan fingerprint density at radius 3 is 2.65 bits per heavy atom. The first-order valence-corrected chi connectivity index (χ1v) is 8.70. The second-order valence-corrected chi connectivity index (χ2v) is 6.41. The fraction of sp³-hybridized carbons (Fsp3) is 0.812. The second kappa shape index (κ2) is 8.06. The molecule has 0 aromatic rings. The Hall–Kier alpha value is -0.510. The zero-order valence-electron chi connectivity index (χ0n) is 12.9. The van der Waals surface area contributed by atoms with Crippen LogP contribution in [0.1, 0.15) is 59.3 Å². The largest absolute Gasteiger partial charge is 0.494 e. The SMILES string of the molecule is C/C=C\O[C@@]1(C)CCCCC1(CCCBr)C(=O)OCC. The van der Waals surface area contributed by atoms with E-state index >= 15 is 0 Å². The molecule has 1 rings (SSSR count). The van der Waals surface area contributed by atoms with Crippen LogP contribution < -0.4 is 0 Å². The van der Waals surface area contributed by atoms with Gasteiger partial charge in [0.1, 0.15) is 11.0 Å². The van der Waals surface area contributed by atoms with Crippen molar-refractivity contribution in [2.45, 2.75) is 64.9 Å². The third kappa shape index (κ3) is 3.57. The summed E-state index contributed by atoms with van der Waals surface area (Å²) in [4.78, 5) is 12.7. The molecule has 20 heavy (non-hydrogen) atoms. The average molecular weight is 347 g/mol. The second-order valence-electron chi connectivity index (χ2n) is 5.62. The number of allylic oxidation sites excluding steroid dienone is 1. The summed E-state index contributed by atoms with van der Waals surface area (Å²) in [5.41, 5.74) is -0.985. The van der Waals surface area contributed by atoms with Crippen molar-refractivity contribution in [3.05, 3.63) is 12.3 Å². The number of carbonyl (C=O) groups is 1. The summed E-state index contributed by atoms with van der Waals surface area (Å²) in [6, 6.07) is 0. The predicted octanol–water partition coefficient (Wildman–Crippen LogP) is 4.59. The van der Waals surface area contributed by atoms with Crippen LogP contribution in [-0.2, 0) is 14.3 Å². The summed E-state index contributed by atoms with van der Waals surface area (Å²) in [7, 11) is 0. The summed E-state index contributed by atoms with van der Waals surface area (Å²) in [5.74, 6) is -0.0901. The third-order valence-electron chi connectivity index (χ3n) is 4.39. The molecule has 0 aliphatic heterocycles. The molecule has 0 heterocycles. The van der Waals surface area contributed by atoms with Crippen molar-refractivity contribution in [1.29, 1.82) is 0 Å². The van der Waals surface area contributed by atoms with E-state index in [0.29, 0.717) is 6.61 Å². The Labute approximate surface area is 131 Å². The normalized spacial score (nSPS) is 30.4. The lowest BCUT2D eigenvalue weighted by atomic mass is 9.61. The Morgan fingerprint density at radius 2 is 2.05 bits per heavy atom. The van der Waals surface area contributed by atoms with Crippen molar-refractivity contribution in [2.24, 2.45) is 5.41 Å². The van der Waals surface area contributed by atoms with Crippen LogP contribution in [0.2, 0.25) is 0 Å². The van der Waals surface area contributed by atoms with Crippen LogP contribution in [-0.4, -0.2) is 23.5 Å². The Kier molecular flexibility index (Phi) is 7.07. The van der Waals surface area contributed by atoms with Gasteiger partial charge < -0.3 is 9.47 Å². The molecule has 0 spiro atoms. The first kappa shape index (κ1) is 17.5. The number of carbonyl (C=O) groups excluding carboxylic acids is 1. The average Bonchev–Trinajstić information content (AvgIpc) is 2.45. The Balaban J connectivity index is 3.09. The first-order valence-electron chi connectivity index (χ1n) is 7.58. The molecular formula is C16H27BrO3. The molecule has 1 saturated carbocycles. The molecule has 0 amide bonds. The lowest BCUT2D eigenvalue weighted by Crippen LogP contribution is -2.55. The minimum absolute atomic E-state index is 0.0901. The maximum Gasteiger partial charge on any atom is 0.316 e. The van der Waals surface area contributed by atoms with Crippen LogP contribution in [0.25, 0.3) is 0 Å². The standard InChI is InChI=1S/C16H27BrO3/c1-4-13-20-15(3)9-6-7-10-16(15,11-8-12-17)14(18)19-5-2/h4,13H,5-12H2,1-3H3/b13-4-/t15-,16?/m0/s1. The molecule has 0 aromatic carbocycles. The van der Waals surface area contributed by atoms with Gasteiger partial charge >= 0.3 is 5.97 Å². The van der Waals surface area contributed by atoms with Gasteiger partial charge in [0.25, 0.3) is 0 Å². The first-order chi connectivity index (χ1) is 9.56. The van der Waals surface area contributed by atoms with Crippen molar-refractivity contribution >= 4 is 21.9 Å². The maximum atomic E-state index is 12.7. The summed E-state index contributed by atoms with van der Waals surface area (Å²) in [6.45, 7) is 6.28. The molecule has 1 aliphatic rings. The van der Waals surface area contributed by atoms with Crippen LogP contribution >= 0.6 is 15.9 Å². The van der Waals surface area contributed by atoms with E-state index < -0.39 is 11.0 Å². The van der Waals surface area contributed by atoms with Gasteiger partial charge in [0.2, 0.25) is 0 Å². The van der Waals surface area contributed by atoms with Crippen molar-refractivity contribution in [3.63, 3.8) is 0 Å². The molecule has 1 fully saturated rings. The van der Waals surface area contributed by atoms with E-state index in [9.17, 15) is 4.79 Å². The fourth-order valence-corrected chi connectivity index (χ4v) is 3.51. The van der Waals surface area contributed by atoms with Crippen molar-refractivity contribution < 1.29 is 14.3 Å². The van der Waals surface area contributed by atoms with Gasteiger partial charge in [-0.3, -0.25) is 4.79 Å². The number of hydrogen-bond donors (Lipinski definition) is 0. The van der Waals surface area contributed by atoms with Crippen LogP contribution in [0.3, 0.4) is 0 Å². The minimum Gasteiger partial charge on any atom is -0.494 e. The minimum atomic E-state index is -0.519. The molecular weight excluding hydrogens is 320 g/mol. The molecule has 0 aromatic heterocycles. The van der Waals surface area contributed by atoms with Gasteiger partial charge in [-0.2, -0.15) is 0 Å². The van der Waals surface area contributed by atoms with E-state index in [1.165, 1.54) is 0 Å². The van der Waals surface area contributed by atoms with Crippen LogP contribution in [0.4, 0.5) is 0 Å². The zero-order valence-corrected chi connectivity index (χ0v) is 14.5. The highest BCUT2D eigenvalue weighted by Crippen LogP contribution is 2.50. The van der Waals surface area contributed by atoms with E-state index in [4.69, 9.17) is 9.47 Å². The van der Waals surface area contributed by atoms with Gasteiger partial charge in [-0.25, -0.2) is 0 Å². The summed E-state index contributed by atoms with van der Waals surface area (Å²) in [5, 5.41) is 0.897. The lowest BCUT2D eigenvalue weighted by Gasteiger charge is -2.49. The molecule has 1 aliphatic carbocycles. The molecule has 0 saturated heterocycles. The van der Waals surface area contributed by atoms with Crippen molar-refractivity contribution in [3.8, 4) is 0 Å². The fourth-order valence-electron chi connectivity index (χ4n) is 3.23. The summed E-state index contributed by atoms with van der Waals surface area (Å²) in [6.07, 6.45) is 9.27. The summed E-state index contributed by atoms with van der Waals surface area (Å²) < 4.78 is 11.4. The quantitative estimate of drug-likeness (QED) is 0.384. The maximum absolute atomic E-state index is 12.7. The molecule has 1 unspecified atom stereocenters. The van der Waals surface area contributed by atoms with Gasteiger partial charge in [0, 0.05) is 5.33 Å². The van der Waals surface area contributed by atoms with E-state index in [1.807, 2.05) is 19.9 Å². The highest BCUT2D eigenvalue weighted by molar-refractivity contribution is 9.09. The molecule has 116 valence electrons. The Bertz CT molecular complexity index is 343. The van der Waals surface area contributed by atoms with E-state index in [2.05, 4.69) is 22.9 Å². The summed E-state index contributed by atoms with van der Waals surface area (Å²) >= 11 is 3.47. The van der Waals surface area contributed by atoms with Gasteiger partial charge in [-0.15, -0.1) is 0 Å². The number of ether oxygens (including phenoxy) is 2. The van der Waals surface area contributed by atoms with Crippen LogP contribution in [0, 0.1) is 5.41 Å². The Morgan fingerprint density at radius 1 is 1.35 bits per heavy atom. The van der Waals surface area contributed by atoms with Gasteiger partial charge in [-0.1, -0.05) is 28.4 Å².